The molecule has 2 aliphatic rings. The molecule has 1 aromatic carbocycles. The number of hydrogen-bond donors (Lipinski definition) is 0. The highest BCUT2D eigenvalue weighted by Gasteiger charge is 2.20. The van der Waals surface area contributed by atoms with E-state index >= 15 is 0 Å². The van der Waals surface area contributed by atoms with E-state index in [1.807, 2.05) is 18.5 Å². The number of nitrogens with zero attached hydrogens (tertiary/aromatic N) is 3. The number of ether oxygens (including phenoxy) is 3. The molecule has 2 aliphatic heterocycles. The van der Waals surface area contributed by atoms with Crippen LogP contribution in [0, 0.1) is 6.92 Å². The van der Waals surface area contributed by atoms with E-state index in [-0.39, 0.29) is 0 Å². The highest BCUT2D eigenvalue weighted by Crippen LogP contribution is 2.37. The number of aryl methyl sites for hydroxylation is 1. The molecule has 0 aliphatic carbocycles. The Labute approximate surface area is 167 Å². The fourth-order valence-corrected chi connectivity index (χ4v) is 3.98. The van der Waals surface area contributed by atoms with Gasteiger partial charge >= 0.3 is 0 Å². The maximum atomic E-state index is 5.88. The molecule has 1 saturated heterocycles. The van der Waals surface area contributed by atoms with Gasteiger partial charge in [-0.2, -0.15) is 0 Å². The lowest BCUT2D eigenvalue weighted by Gasteiger charge is -2.25. The van der Waals surface area contributed by atoms with E-state index in [1.165, 1.54) is 11.3 Å². The van der Waals surface area contributed by atoms with Crippen LogP contribution in [-0.4, -0.2) is 56.4 Å². The summed E-state index contributed by atoms with van der Waals surface area (Å²) in [5, 5.41) is 0. The van der Waals surface area contributed by atoms with Crippen LogP contribution in [0.4, 0.5) is 5.69 Å². The lowest BCUT2D eigenvalue weighted by molar-refractivity contribution is 0.277. The van der Waals surface area contributed by atoms with Crippen molar-refractivity contribution in [3.63, 3.8) is 0 Å². The van der Waals surface area contributed by atoms with Crippen molar-refractivity contribution in [3.05, 3.63) is 41.7 Å². The average Bonchev–Trinajstić information content (AvgIpc) is 3.08. The molecule has 150 valence electrons. The van der Waals surface area contributed by atoms with Crippen molar-refractivity contribution in [2.24, 2.45) is 0 Å². The van der Waals surface area contributed by atoms with E-state index in [0.717, 1.165) is 68.4 Å². The summed E-state index contributed by atoms with van der Waals surface area (Å²) in [5.74, 6) is 2.49. The summed E-state index contributed by atoms with van der Waals surface area (Å²) >= 11 is 0. The van der Waals surface area contributed by atoms with Crippen molar-refractivity contribution in [2.45, 2.75) is 26.3 Å². The number of hydrogen-bond acceptors (Lipinski definition) is 6. The third-order valence-electron chi connectivity index (χ3n) is 5.46. The molecule has 0 atom stereocenters. The summed E-state index contributed by atoms with van der Waals surface area (Å²) in [6, 6.07) is 6.19. The molecule has 3 heterocycles. The number of methoxy groups -OCH3 is 1. The summed E-state index contributed by atoms with van der Waals surface area (Å²) < 4.78 is 17.3. The van der Waals surface area contributed by atoms with E-state index in [4.69, 9.17) is 14.2 Å². The Morgan fingerprint density at radius 1 is 1.04 bits per heavy atom. The van der Waals surface area contributed by atoms with Crippen molar-refractivity contribution in [1.29, 1.82) is 0 Å². The maximum Gasteiger partial charge on any atom is 0.164 e. The molecule has 4 rings (SSSR count). The normalized spacial score (nSPS) is 17.7. The summed E-state index contributed by atoms with van der Waals surface area (Å²) in [6.45, 7) is 8.53. The van der Waals surface area contributed by atoms with E-state index in [9.17, 15) is 0 Å². The summed E-state index contributed by atoms with van der Waals surface area (Å²) in [4.78, 5) is 9.19. The number of rotatable bonds is 4. The molecular weight excluding hydrogens is 354 g/mol. The van der Waals surface area contributed by atoms with Gasteiger partial charge in [-0.25, -0.2) is 0 Å². The Hall–Kier alpha value is -2.47. The fraction of sp³-hybridized carbons (Fsp3) is 0.500. The van der Waals surface area contributed by atoms with Gasteiger partial charge in [0, 0.05) is 68.9 Å². The predicted octanol–water partition coefficient (Wildman–Crippen LogP) is 3.27. The first-order valence-electron chi connectivity index (χ1n) is 10.1. The minimum Gasteiger partial charge on any atom is -0.496 e. The monoisotopic (exact) mass is 383 g/mol. The third kappa shape index (κ3) is 4.17. The Morgan fingerprint density at radius 2 is 1.86 bits per heavy atom. The fourth-order valence-electron chi connectivity index (χ4n) is 3.98. The Morgan fingerprint density at radius 3 is 2.64 bits per heavy atom. The van der Waals surface area contributed by atoms with Gasteiger partial charge in [0.15, 0.2) is 11.5 Å². The highest BCUT2D eigenvalue weighted by molar-refractivity contribution is 5.52. The van der Waals surface area contributed by atoms with Gasteiger partial charge in [-0.3, -0.25) is 9.88 Å². The van der Waals surface area contributed by atoms with E-state index < -0.39 is 0 Å². The highest BCUT2D eigenvalue weighted by atomic mass is 16.5. The largest absolute Gasteiger partial charge is 0.496 e. The van der Waals surface area contributed by atoms with Gasteiger partial charge in [0.05, 0.1) is 20.3 Å². The van der Waals surface area contributed by atoms with Crippen molar-refractivity contribution < 1.29 is 14.2 Å². The number of fused-ring (bicyclic) bond motifs is 1. The predicted molar refractivity (Wildman–Crippen MR) is 110 cm³/mol. The van der Waals surface area contributed by atoms with Gasteiger partial charge < -0.3 is 19.1 Å². The van der Waals surface area contributed by atoms with Crippen molar-refractivity contribution in [3.8, 4) is 17.2 Å². The first-order valence-corrected chi connectivity index (χ1v) is 10.1. The topological polar surface area (TPSA) is 47.1 Å². The van der Waals surface area contributed by atoms with E-state index in [2.05, 4.69) is 33.8 Å². The summed E-state index contributed by atoms with van der Waals surface area (Å²) in [5.41, 5.74) is 3.69. The molecule has 0 radical (unpaired) electrons. The van der Waals surface area contributed by atoms with Crippen LogP contribution in [-0.2, 0) is 6.54 Å². The van der Waals surface area contributed by atoms with Crippen LogP contribution in [0.3, 0.4) is 0 Å². The van der Waals surface area contributed by atoms with E-state index in [1.54, 1.807) is 7.11 Å². The Balaban J connectivity index is 1.47. The van der Waals surface area contributed by atoms with E-state index in [0.29, 0.717) is 13.2 Å². The molecule has 2 aromatic rings. The summed E-state index contributed by atoms with van der Waals surface area (Å²) in [6.07, 6.45) is 5.87. The molecule has 1 aromatic heterocycles. The van der Waals surface area contributed by atoms with Crippen LogP contribution >= 0.6 is 0 Å². The zero-order valence-electron chi connectivity index (χ0n) is 16.8. The minimum absolute atomic E-state index is 0.686. The molecule has 0 N–H and O–H groups in total. The smallest absolute Gasteiger partial charge is 0.164 e. The zero-order chi connectivity index (χ0) is 19.3. The molecule has 1 fully saturated rings. The van der Waals surface area contributed by atoms with Gasteiger partial charge in [-0.05, 0) is 31.0 Å². The molecule has 6 nitrogen and oxygen atoms in total. The molecule has 0 bridgehead atoms. The third-order valence-corrected chi connectivity index (χ3v) is 5.46. The average molecular weight is 383 g/mol. The van der Waals surface area contributed by atoms with Gasteiger partial charge in [0.25, 0.3) is 0 Å². The molecular formula is C22H29N3O3. The van der Waals surface area contributed by atoms with Crippen molar-refractivity contribution in [1.82, 2.24) is 9.88 Å². The molecule has 28 heavy (non-hydrogen) atoms. The molecule has 0 spiro atoms. The number of benzene rings is 1. The second-order valence-corrected chi connectivity index (χ2v) is 7.44. The number of anilines is 1. The lowest BCUT2D eigenvalue weighted by Crippen LogP contribution is -2.31. The van der Waals surface area contributed by atoms with Crippen LogP contribution < -0.4 is 19.1 Å². The van der Waals surface area contributed by atoms with Gasteiger partial charge in [0.1, 0.15) is 5.75 Å². The van der Waals surface area contributed by atoms with Crippen molar-refractivity contribution in [2.75, 3.05) is 51.4 Å². The van der Waals surface area contributed by atoms with Crippen molar-refractivity contribution >= 4 is 5.69 Å². The second-order valence-electron chi connectivity index (χ2n) is 7.44. The zero-order valence-corrected chi connectivity index (χ0v) is 16.8. The number of pyridine rings is 1. The summed E-state index contributed by atoms with van der Waals surface area (Å²) in [7, 11) is 1.72. The molecule has 0 unspecified atom stereocenters. The second kappa shape index (κ2) is 8.69. The van der Waals surface area contributed by atoms with Crippen LogP contribution in [0.5, 0.6) is 17.2 Å². The Kier molecular flexibility index (Phi) is 5.86. The van der Waals surface area contributed by atoms with Crippen LogP contribution in [0.2, 0.25) is 0 Å². The van der Waals surface area contributed by atoms with Crippen LogP contribution in [0.1, 0.15) is 24.0 Å². The molecule has 0 saturated carbocycles. The Bertz CT molecular complexity index is 812. The minimum atomic E-state index is 0.686. The standard InChI is InChI=1S/C22H29N3O3/c1-17-15-23-6-5-19(17)25-8-3-7-24(9-10-25)16-18-13-21-22(14-20(18)26-2)28-12-4-11-27-21/h5-6,13-15H,3-4,7-12,16H2,1-2H3. The van der Waals surface area contributed by atoms with Gasteiger partial charge in [-0.15, -0.1) is 0 Å². The molecule has 6 heteroatoms. The quantitative estimate of drug-likeness (QED) is 0.808. The van der Waals surface area contributed by atoms with Crippen LogP contribution in [0.15, 0.2) is 30.6 Å². The number of aromatic nitrogens is 1. The lowest BCUT2D eigenvalue weighted by atomic mass is 10.1. The molecule has 0 amide bonds. The van der Waals surface area contributed by atoms with Crippen LogP contribution in [0.25, 0.3) is 0 Å². The van der Waals surface area contributed by atoms with Gasteiger partial charge in [-0.1, -0.05) is 0 Å². The van der Waals surface area contributed by atoms with Gasteiger partial charge in [0.2, 0.25) is 0 Å². The first-order chi connectivity index (χ1) is 13.7. The maximum absolute atomic E-state index is 5.88. The SMILES string of the molecule is COc1cc2c(cc1CN1CCCN(c3ccncc3C)CC1)OCCCO2. The first kappa shape index (κ1) is 18.9.